The van der Waals surface area contributed by atoms with Crippen molar-refractivity contribution in [3.63, 3.8) is 0 Å². The highest BCUT2D eigenvalue weighted by Gasteiger charge is 2.07. The summed E-state index contributed by atoms with van der Waals surface area (Å²) >= 11 is 1.85. The molecule has 2 rings (SSSR count). The smallest absolute Gasteiger partial charge is 0.191 e. The van der Waals surface area contributed by atoms with Gasteiger partial charge in [0.2, 0.25) is 0 Å². The van der Waals surface area contributed by atoms with E-state index < -0.39 is 0 Å². The third-order valence-corrected chi connectivity index (χ3v) is 4.10. The predicted octanol–water partition coefficient (Wildman–Crippen LogP) is 2.75. The van der Waals surface area contributed by atoms with Gasteiger partial charge < -0.3 is 10.6 Å². The highest BCUT2D eigenvalue weighted by Crippen LogP contribution is 2.16. The van der Waals surface area contributed by atoms with E-state index in [0.717, 1.165) is 18.1 Å². The Bertz CT molecular complexity index is 577. The van der Waals surface area contributed by atoms with Gasteiger partial charge in [-0.3, -0.25) is 9.98 Å². The number of aryl methyl sites for hydroxylation is 1. The summed E-state index contributed by atoms with van der Waals surface area (Å²) in [5, 5.41) is 6.70. The van der Waals surface area contributed by atoms with Crippen molar-refractivity contribution in [2.75, 3.05) is 7.05 Å². The Hall–Kier alpha value is -1.88. The van der Waals surface area contributed by atoms with Gasteiger partial charge in [0.25, 0.3) is 0 Å². The zero-order valence-corrected chi connectivity index (χ0v) is 13.6. The second kappa shape index (κ2) is 7.78. The Morgan fingerprint density at radius 2 is 2.19 bits per heavy atom. The largest absolute Gasteiger partial charge is 0.354 e. The lowest BCUT2D eigenvalue weighted by Gasteiger charge is -2.17. The van der Waals surface area contributed by atoms with Crippen molar-refractivity contribution < 1.29 is 0 Å². The Labute approximate surface area is 130 Å². The summed E-state index contributed by atoms with van der Waals surface area (Å²) in [5.41, 5.74) is 1.00. The highest BCUT2D eigenvalue weighted by molar-refractivity contribution is 7.11. The van der Waals surface area contributed by atoms with Crippen LogP contribution >= 0.6 is 11.3 Å². The molecule has 112 valence electrons. The van der Waals surface area contributed by atoms with E-state index in [2.05, 4.69) is 46.6 Å². The Morgan fingerprint density at radius 1 is 1.33 bits per heavy atom. The normalized spacial score (nSPS) is 13.0. The van der Waals surface area contributed by atoms with Gasteiger partial charge in [0.1, 0.15) is 0 Å². The van der Waals surface area contributed by atoms with Gasteiger partial charge in [0, 0.05) is 35.5 Å². The first-order valence-corrected chi connectivity index (χ1v) is 7.91. The van der Waals surface area contributed by atoms with E-state index in [4.69, 9.17) is 0 Å². The summed E-state index contributed by atoms with van der Waals surface area (Å²) < 4.78 is 0. The number of hydrogen-bond acceptors (Lipinski definition) is 3. The van der Waals surface area contributed by atoms with Crippen molar-refractivity contribution in [1.29, 1.82) is 0 Å². The van der Waals surface area contributed by atoms with Gasteiger partial charge in [0.05, 0.1) is 12.2 Å². The van der Waals surface area contributed by atoms with Crippen LogP contribution in [0.25, 0.3) is 0 Å². The maximum atomic E-state index is 4.29. The molecule has 0 amide bonds. The lowest BCUT2D eigenvalue weighted by atomic mass is 10.2. The van der Waals surface area contributed by atoms with E-state index in [1.54, 1.807) is 13.2 Å². The molecule has 0 saturated carbocycles. The van der Waals surface area contributed by atoms with Gasteiger partial charge in [-0.2, -0.15) is 0 Å². The first-order valence-electron chi connectivity index (χ1n) is 7.10. The average Bonchev–Trinajstić information content (AvgIpc) is 2.89. The van der Waals surface area contributed by atoms with Crippen molar-refractivity contribution in [3.05, 3.63) is 52.0 Å². The Morgan fingerprint density at radius 3 is 2.81 bits per heavy atom. The number of nitrogens with one attached hydrogen (secondary N) is 2. The molecule has 2 aromatic rings. The van der Waals surface area contributed by atoms with E-state index >= 15 is 0 Å². The number of aliphatic imine (C=N–C) groups is 1. The second-order valence-corrected chi connectivity index (χ2v) is 6.38. The number of rotatable bonds is 5. The first kappa shape index (κ1) is 15.5. The molecule has 2 heterocycles. The third kappa shape index (κ3) is 5.19. The van der Waals surface area contributed by atoms with Crippen molar-refractivity contribution in [3.8, 4) is 0 Å². The van der Waals surface area contributed by atoms with Crippen LogP contribution in [0.2, 0.25) is 0 Å². The molecule has 0 saturated heterocycles. The molecule has 2 aromatic heterocycles. The minimum Gasteiger partial charge on any atom is -0.354 e. The van der Waals surface area contributed by atoms with Crippen LogP contribution < -0.4 is 10.6 Å². The fourth-order valence-corrected chi connectivity index (χ4v) is 3.07. The van der Waals surface area contributed by atoms with Crippen LogP contribution in [0.1, 0.15) is 22.4 Å². The Balaban J connectivity index is 1.81. The summed E-state index contributed by atoms with van der Waals surface area (Å²) in [6.45, 7) is 4.98. The molecule has 0 aliphatic rings. The fraction of sp³-hybridized carbons (Fsp3) is 0.375. The topological polar surface area (TPSA) is 49.3 Å². The summed E-state index contributed by atoms with van der Waals surface area (Å²) in [4.78, 5) is 11.3. The first-order chi connectivity index (χ1) is 10.2. The molecule has 0 aliphatic heterocycles. The maximum Gasteiger partial charge on any atom is 0.191 e. The van der Waals surface area contributed by atoms with E-state index in [1.165, 1.54) is 9.75 Å². The minimum atomic E-state index is 0.331. The van der Waals surface area contributed by atoms with Gasteiger partial charge in [-0.15, -0.1) is 11.3 Å². The highest BCUT2D eigenvalue weighted by atomic mass is 32.1. The minimum absolute atomic E-state index is 0.331. The molecule has 1 unspecified atom stereocenters. The molecule has 0 bridgehead atoms. The van der Waals surface area contributed by atoms with E-state index in [9.17, 15) is 0 Å². The van der Waals surface area contributed by atoms with E-state index in [-0.39, 0.29) is 0 Å². The molecule has 0 radical (unpaired) electrons. The summed E-state index contributed by atoms with van der Waals surface area (Å²) in [6, 6.07) is 10.6. The zero-order chi connectivity index (χ0) is 15.1. The molecule has 4 nitrogen and oxygen atoms in total. The molecule has 0 aliphatic carbocycles. The molecule has 0 spiro atoms. The van der Waals surface area contributed by atoms with Crippen LogP contribution in [0, 0.1) is 6.92 Å². The number of thiophene rings is 1. The zero-order valence-electron chi connectivity index (χ0n) is 12.8. The molecule has 1 atom stereocenters. The van der Waals surface area contributed by atoms with E-state index in [0.29, 0.717) is 12.6 Å². The third-order valence-electron chi connectivity index (χ3n) is 3.07. The van der Waals surface area contributed by atoms with Crippen LogP contribution in [0.15, 0.2) is 41.5 Å². The molecule has 0 aromatic carbocycles. The van der Waals surface area contributed by atoms with Crippen LogP contribution in [0.5, 0.6) is 0 Å². The second-order valence-electron chi connectivity index (χ2n) is 5.01. The van der Waals surface area contributed by atoms with Crippen molar-refractivity contribution in [1.82, 2.24) is 15.6 Å². The molecular weight excluding hydrogens is 280 g/mol. The Kier molecular flexibility index (Phi) is 5.75. The number of hydrogen-bond donors (Lipinski definition) is 2. The number of pyridine rings is 1. The van der Waals surface area contributed by atoms with Crippen molar-refractivity contribution in [2.24, 2.45) is 4.99 Å². The molecule has 5 heteroatoms. The number of aromatic nitrogens is 1. The fourth-order valence-electron chi connectivity index (χ4n) is 2.05. The quantitative estimate of drug-likeness (QED) is 0.659. The molecule has 0 fully saturated rings. The lowest BCUT2D eigenvalue weighted by Crippen LogP contribution is -2.42. The number of nitrogens with zero attached hydrogens (tertiary/aromatic N) is 2. The van der Waals surface area contributed by atoms with Gasteiger partial charge >= 0.3 is 0 Å². The van der Waals surface area contributed by atoms with Crippen LogP contribution in [-0.2, 0) is 13.0 Å². The average molecular weight is 302 g/mol. The summed E-state index contributed by atoms with van der Waals surface area (Å²) in [5.74, 6) is 0.807. The maximum absolute atomic E-state index is 4.29. The van der Waals surface area contributed by atoms with Crippen LogP contribution in [0.3, 0.4) is 0 Å². The predicted molar refractivity (Wildman–Crippen MR) is 89.8 cm³/mol. The van der Waals surface area contributed by atoms with Gasteiger partial charge in [0.15, 0.2) is 5.96 Å². The van der Waals surface area contributed by atoms with Gasteiger partial charge in [-0.25, -0.2) is 0 Å². The standard InChI is InChI=1S/C16H22N4S/c1-12(10-15-8-7-13(2)21-15)20-16(17-3)19-11-14-6-4-5-9-18-14/h4-9,12H,10-11H2,1-3H3,(H2,17,19,20). The molecule has 2 N–H and O–H groups in total. The summed E-state index contributed by atoms with van der Waals surface area (Å²) in [7, 11) is 1.79. The number of guanidine groups is 1. The monoisotopic (exact) mass is 302 g/mol. The van der Waals surface area contributed by atoms with Gasteiger partial charge in [-0.05, 0) is 38.1 Å². The van der Waals surface area contributed by atoms with E-state index in [1.807, 2.05) is 29.5 Å². The van der Waals surface area contributed by atoms with Gasteiger partial charge in [-0.1, -0.05) is 6.07 Å². The summed E-state index contributed by atoms with van der Waals surface area (Å²) in [6.07, 6.45) is 2.80. The molecule has 21 heavy (non-hydrogen) atoms. The van der Waals surface area contributed by atoms with Crippen molar-refractivity contribution >= 4 is 17.3 Å². The van der Waals surface area contributed by atoms with Crippen LogP contribution in [0.4, 0.5) is 0 Å². The van der Waals surface area contributed by atoms with Crippen LogP contribution in [-0.4, -0.2) is 24.0 Å². The van der Waals surface area contributed by atoms with Crippen molar-refractivity contribution in [2.45, 2.75) is 32.9 Å². The lowest BCUT2D eigenvalue weighted by molar-refractivity contribution is 0.643. The molecular formula is C16H22N4S. The SMILES string of the molecule is CN=C(NCc1ccccn1)NC(C)Cc1ccc(C)s1.